The maximum absolute atomic E-state index is 12.1. The van der Waals surface area contributed by atoms with Gasteiger partial charge in [0.2, 0.25) is 0 Å². The molecule has 0 saturated carbocycles. The molecule has 23 heavy (non-hydrogen) atoms. The van der Waals surface area contributed by atoms with Crippen LogP contribution in [0.3, 0.4) is 0 Å². The van der Waals surface area contributed by atoms with E-state index < -0.39 is 6.09 Å². The van der Waals surface area contributed by atoms with Crippen LogP contribution in [0.4, 0.5) is 10.5 Å². The maximum atomic E-state index is 12.1. The van der Waals surface area contributed by atoms with Crippen LogP contribution in [-0.4, -0.2) is 34.6 Å². The summed E-state index contributed by atoms with van der Waals surface area (Å²) in [4.78, 5) is 23.0. The second-order valence-electron chi connectivity index (χ2n) is 4.67. The normalized spacial score (nSPS) is 11.0. The summed E-state index contributed by atoms with van der Waals surface area (Å²) < 4.78 is 5.93. The van der Waals surface area contributed by atoms with Crippen LogP contribution in [0.15, 0.2) is 41.6 Å². The molecular weight excluding hydrogens is 298 g/mol. The minimum absolute atomic E-state index is 0.240. The molecule has 0 atom stereocenters. The lowest BCUT2D eigenvalue weighted by atomic mass is 10.1. The number of benzene rings is 1. The Balaban J connectivity index is 2.03. The Morgan fingerprint density at radius 2 is 1.91 bits per heavy atom. The lowest BCUT2D eigenvalue weighted by Crippen LogP contribution is -2.18. The van der Waals surface area contributed by atoms with Crippen LogP contribution in [0.1, 0.15) is 23.0 Å². The van der Waals surface area contributed by atoms with Crippen LogP contribution in [0.2, 0.25) is 0 Å². The molecule has 0 fully saturated rings. The van der Waals surface area contributed by atoms with E-state index in [1.54, 1.807) is 50.5 Å². The number of hydrogen-bond acceptors (Lipinski definition) is 5. The first-order valence-corrected chi connectivity index (χ1v) is 6.79. The summed E-state index contributed by atoms with van der Waals surface area (Å²) in [5, 5.41) is 10.6. The van der Waals surface area contributed by atoms with Gasteiger partial charge < -0.3 is 10.1 Å². The molecule has 0 aliphatic heterocycles. The fraction of sp³-hybridized carbons (Fsp3) is 0.200. The van der Waals surface area contributed by atoms with E-state index in [2.05, 4.69) is 25.7 Å². The molecule has 0 aliphatic rings. The van der Waals surface area contributed by atoms with Crippen LogP contribution < -0.4 is 10.7 Å². The predicted molar refractivity (Wildman–Crippen MR) is 85.4 cm³/mol. The smallest absolute Gasteiger partial charge is 0.427 e. The summed E-state index contributed by atoms with van der Waals surface area (Å²) in [6, 6.07) is 8.72. The fourth-order valence-corrected chi connectivity index (χ4v) is 1.83. The molecule has 0 aliphatic carbocycles. The van der Waals surface area contributed by atoms with Gasteiger partial charge in [0.25, 0.3) is 5.91 Å². The number of hydrazone groups is 1. The SMILES string of the molecule is COC(=O)N/N=C(\C)c1ccc(NC(=O)c2ccnn2C)cc1. The molecule has 8 nitrogen and oxygen atoms in total. The average Bonchev–Trinajstić information content (AvgIpc) is 2.99. The molecule has 0 spiro atoms. The number of carbonyl (C=O) groups is 2. The van der Waals surface area contributed by atoms with Gasteiger partial charge >= 0.3 is 6.09 Å². The third-order valence-corrected chi connectivity index (χ3v) is 3.11. The third-order valence-electron chi connectivity index (χ3n) is 3.11. The number of nitrogens with zero attached hydrogens (tertiary/aromatic N) is 3. The molecule has 0 saturated heterocycles. The molecule has 120 valence electrons. The Morgan fingerprint density at radius 3 is 2.48 bits per heavy atom. The maximum Gasteiger partial charge on any atom is 0.427 e. The van der Waals surface area contributed by atoms with Crippen molar-refractivity contribution < 1.29 is 14.3 Å². The Kier molecular flexibility index (Phi) is 5.08. The van der Waals surface area contributed by atoms with Crippen molar-refractivity contribution in [2.24, 2.45) is 12.1 Å². The summed E-state index contributed by atoms with van der Waals surface area (Å²) >= 11 is 0. The summed E-state index contributed by atoms with van der Waals surface area (Å²) in [6.45, 7) is 1.75. The molecule has 8 heteroatoms. The predicted octanol–water partition coefficient (Wildman–Crippen LogP) is 1.75. The van der Waals surface area contributed by atoms with Crippen LogP contribution >= 0.6 is 0 Å². The first kappa shape index (κ1) is 16.2. The van der Waals surface area contributed by atoms with Crippen molar-refractivity contribution in [2.45, 2.75) is 6.92 Å². The van der Waals surface area contributed by atoms with Gasteiger partial charge in [0.05, 0.1) is 12.8 Å². The second-order valence-corrected chi connectivity index (χ2v) is 4.67. The number of anilines is 1. The zero-order valence-corrected chi connectivity index (χ0v) is 13.0. The van der Waals surface area contributed by atoms with E-state index in [0.29, 0.717) is 17.1 Å². The molecule has 2 rings (SSSR count). The van der Waals surface area contributed by atoms with Gasteiger partial charge in [0.15, 0.2) is 0 Å². The molecular formula is C15H17N5O3. The van der Waals surface area contributed by atoms with Crippen molar-refractivity contribution in [2.75, 3.05) is 12.4 Å². The molecule has 2 amide bonds. The lowest BCUT2D eigenvalue weighted by Gasteiger charge is -2.07. The highest BCUT2D eigenvalue weighted by Crippen LogP contribution is 2.12. The van der Waals surface area contributed by atoms with E-state index in [4.69, 9.17) is 0 Å². The molecule has 1 heterocycles. The molecule has 1 aromatic heterocycles. The topological polar surface area (TPSA) is 97.6 Å². The van der Waals surface area contributed by atoms with Gasteiger partial charge in [-0.15, -0.1) is 0 Å². The second kappa shape index (κ2) is 7.21. The highest BCUT2D eigenvalue weighted by Gasteiger charge is 2.10. The van der Waals surface area contributed by atoms with Gasteiger partial charge in [0, 0.05) is 18.9 Å². The van der Waals surface area contributed by atoms with Crippen molar-refractivity contribution in [3.05, 3.63) is 47.8 Å². The van der Waals surface area contributed by atoms with Crippen LogP contribution in [0.25, 0.3) is 0 Å². The Labute approximate surface area is 133 Å². The fourth-order valence-electron chi connectivity index (χ4n) is 1.83. The van der Waals surface area contributed by atoms with Gasteiger partial charge in [0.1, 0.15) is 5.69 Å². The monoisotopic (exact) mass is 315 g/mol. The van der Waals surface area contributed by atoms with Crippen molar-refractivity contribution in [1.82, 2.24) is 15.2 Å². The van der Waals surface area contributed by atoms with Crippen LogP contribution in [-0.2, 0) is 11.8 Å². The highest BCUT2D eigenvalue weighted by molar-refractivity contribution is 6.03. The molecule has 0 unspecified atom stereocenters. The van der Waals surface area contributed by atoms with Crippen LogP contribution in [0.5, 0.6) is 0 Å². The quantitative estimate of drug-likeness (QED) is 0.663. The molecule has 0 bridgehead atoms. The van der Waals surface area contributed by atoms with Crippen molar-refractivity contribution in [3.8, 4) is 0 Å². The number of rotatable bonds is 4. The average molecular weight is 315 g/mol. The van der Waals surface area contributed by atoms with Crippen molar-refractivity contribution in [1.29, 1.82) is 0 Å². The van der Waals surface area contributed by atoms with Gasteiger partial charge in [-0.1, -0.05) is 12.1 Å². The van der Waals surface area contributed by atoms with Gasteiger partial charge in [-0.25, -0.2) is 10.2 Å². The number of carbonyl (C=O) groups excluding carboxylic acids is 2. The van der Waals surface area contributed by atoms with Crippen molar-refractivity contribution in [3.63, 3.8) is 0 Å². The number of aromatic nitrogens is 2. The van der Waals surface area contributed by atoms with Gasteiger partial charge in [-0.3, -0.25) is 9.48 Å². The Hall–Kier alpha value is -3.16. The number of amides is 2. The Morgan fingerprint density at radius 1 is 1.22 bits per heavy atom. The molecule has 2 aromatic rings. The van der Waals surface area contributed by atoms with E-state index in [-0.39, 0.29) is 5.91 Å². The third kappa shape index (κ3) is 4.16. The number of ether oxygens (including phenoxy) is 1. The number of nitrogens with one attached hydrogen (secondary N) is 2. The van der Waals surface area contributed by atoms with Crippen LogP contribution in [0, 0.1) is 0 Å². The van der Waals surface area contributed by atoms with E-state index in [9.17, 15) is 9.59 Å². The molecule has 2 N–H and O–H groups in total. The Bertz CT molecular complexity index is 734. The summed E-state index contributed by atoms with van der Waals surface area (Å²) in [5.41, 5.74) is 4.78. The lowest BCUT2D eigenvalue weighted by molar-refractivity contribution is 0.101. The zero-order valence-electron chi connectivity index (χ0n) is 13.0. The first-order chi connectivity index (χ1) is 11.0. The zero-order chi connectivity index (χ0) is 16.8. The highest BCUT2D eigenvalue weighted by atomic mass is 16.5. The summed E-state index contributed by atoms with van der Waals surface area (Å²) in [5.74, 6) is -0.240. The standard InChI is InChI=1S/C15H17N5O3/c1-10(18-19-15(22)23-3)11-4-6-12(7-5-11)17-14(21)13-8-9-16-20(13)2/h4-9H,1-3H3,(H,17,21)(H,19,22)/b18-10+. The van der Waals surface area contributed by atoms with Gasteiger partial charge in [-0.2, -0.15) is 10.2 Å². The largest absolute Gasteiger partial charge is 0.452 e. The van der Waals surface area contributed by atoms with Gasteiger partial charge in [-0.05, 0) is 30.7 Å². The summed E-state index contributed by atoms with van der Waals surface area (Å²) in [6.07, 6.45) is 0.927. The van der Waals surface area contributed by atoms with E-state index >= 15 is 0 Å². The van der Waals surface area contributed by atoms with E-state index in [1.807, 2.05) is 0 Å². The number of hydrogen-bond donors (Lipinski definition) is 2. The first-order valence-electron chi connectivity index (χ1n) is 6.79. The number of methoxy groups -OCH3 is 1. The minimum Gasteiger partial charge on any atom is -0.452 e. The van der Waals surface area contributed by atoms with E-state index in [1.165, 1.54) is 11.8 Å². The molecule has 1 aromatic carbocycles. The van der Waals surface area contributed by atoms with E-state index in [0.717, 1.165) is 5.56 Å². The molecule has 0 radical (unpaired) electrons. The summed E-state index contributed by atoms with van der Waals surface area (Å²) in [7, 11) is 2.96. The van der Waals surface area contributed by atoms with Crippen molar-refractivity contribution >= 4 is 23.4 Å². The number of aryl methyl sites for hydroxylation is 1. The minimum atomic E-state index is -0.635.